The number of carbonyl (C=O) groups is 1. The first kappa shape index (κ1) is 12.8. The van der Waals surface area contributed by atoms with Crippen molar-refractivity contribution >= 4 is 5.97 Å². The molecule has 5 heteroatoms. The topological polar surface area (TPSA) is 38.3 Å². The lowest BCUT2D eigenvalue weighted by atomic mass is 9.95. The van der Waals surface area contributed by atoms with Crippen molar-refractivity contribution in [3.8, 4) is 0 Å². The van der Waals surface area contributed by atoms with Gasteiger partial charge in [-0.15, -0.1) is 0 Å². The monoisotopic (exact) mass is 255 g/mol. The molecule has 0 atom stereocenters. The number of rotatable bonds is 3. The van der Waals surface area contributed by atoms with Crippen LogP contribution in [0, 0.1) is 0 Å². The SMILES string of the molecule is CC(=O)OCCC1=CCC(=C2CC(F)(F)N2)C=C1. The zero-order valence-corrected chi connectivity index (χ0v) is 10.1. The second-order valence-corrected chi connectivity index (χ2v) is 4.42. The minimum absolute atomic E-state index is 0.205. The van der Waals surface area contributed by atoms with Gasteiger partial charge >= 0.3 is 12.0 Å². The maximum Gasteiger partial charge on any atom is 0.328 e. The first-order valence-electron chi connectivity index (χ1n) is 5.85. The predicted octanol–water partition coefficient (Wildman–Crippen LogP) is 2.67. The van der Waals surface area contributed by atoms with Crippen LogP contribution in [0.15, 0.2) is 35.1 Å². The maximum atomic E-state index is 12.6. The van der Waals surface area contributed by atoms with Crippen LogP contribution in [0.4, 0.5) is 8.78 Å². The lowest BCUT2D eigenvalue weighted by Gasteiger charge is -2.33. The van der Waals surface area contributed by atoms with Crippen LogP contribution in [0.25, 0.3) is 0 Å². The van der Waals surface area contributed by atoms with E-state index < -0.39 is 6.05 Å². The maximum absolute atomic E-state index is 12.6. The quantitative estimate of drug-likeness (QED) is 0.622. The molecule has 0 spiro atoms. The zero-order valence-electron chi connectivity index (χ0n) is 10.1. The smallest absolute Gasteiger partial charge is 0.328 e. The van der Waals surface area contributed by atoms with Gasteiger partial charge in [-0.3, -0.25) is 4.79 Å². The molecule has 0 bridgehead atoms. The summed E-state index contributed by atoms with van der Waals surface area (Å²) in [5.74, 6) is -0.293. The van der Waals surface area contributed by atoms with Crippen molar-refractivity contribution in [2.45, 2.75) is 32.2 Å². The highest BCUT2D eigenvalue weighted by atomic mass is 19.3. The Labute approximate surface area is 104 Å². The fourth-order valence-electron chi connectivity index (χ4n) is 1.92. The molecular weight excluding hydrogens is 240 g/mol. The minimum Gasteiger partial charge on any atom is -0.466 e. The van der Waals surface area contributed by atoms with Crippen LogP contribution in [0.5, 0.6) is 0 Å². The molecule has 3 nitrogen and oxygen atoms in total. The van der Waals surface area contributed by atoms with Crippen LogP contribution in [0.1, 0.15) is 26.2 Å². The van der Waals surface area contributed by atoms with Gasteiger partial charge in [-0.2, -0.15) is 8.78 Å². The molecule has 2 aliphatic rings. The van der Waals surface area contributed by atoms with Crippen molar-refractivity contribution in [3.05, 3.63) is 35.1 Å². The highest BCUT2D eigenvalue weighted by Gasteiger charge is 2.41. The lowest BCUT2D eigenvalue weighted by Crippen LogP contribution is -2.48. The van der Waals surface area contributed by atoms with E-state index in [0.29, 0.717) is 25.1 Å². The summed E-state index contributed by atoms with van der Waals surface area (Å²) in [6.07, 6.45) is 6.80. The third kappa shape index (κ3) is 3.18. The van der Waals surface area contributed by atoms with Crippen molar-refractivity contribution in [1.82, 2.24) is 5.32 Å². The molecule has 98 valence electrons. The van der Waals surface area contributed by atoms with E-state index in [9.17, 15) is 13.6 Å². The molecule has 1 aliphatic heterocycles. The fourth-order valence-corrected chi connectivity index (χ4v) is 1.92. The Bertz CT molecular complexity index is 440. The number of hydrogen-bond donors (Lipinski definition) is 1. The Morgan fingerprint density at radius 3 is 2.72 bits per heavy atom. The van der Waals surface area contributed by atoms with E-state index in [2.05, 4.69) is 5.32 Å². The van der Waals surface area contributed by atoms with Gasteiger partial charge in [0.25, 0.3) is 0 Å². The Morgan fingerprint density at radius 2 is 2.22 bits per heavy atom. The molecular formula is C13H15F2NO2. The highest BCUT2D eigenvalue weighted by Crippen LogP contribution is 2.34. The molecule has 0 unspecified atom stereocenters. The van der Waals surface area contributed by atoms with Crippen LogP contribution in [0.2, 0.25) is 0 Å². The molecule has 1 heterocycles. The molecule has 0 aromatic rings. The number of esters is 1. The summed E-state index contributed by atoms with van der Waals surface area (Å²) in [7, 11) is 0. The minimum atomic E-state index is -2.74. The van der Waals surface area contributed by atoms with Crippen LogP contribution in [-0.4, -0.2) is 18.6 Å². The second kappa shape index (κ2) is 4.92. The van der Waals surface area contributed by atoms with E-state index in [0.717, 1.165) is 11.1 Å². The number of carbonyl (C=O) groups excluding carboxylic acids is 1. The van der Waals surface area contributed by atoms with E-state index in [1.165, 1.54) is 6.92 Å². The molecule has 1 N–H and O–H groups in total. The van der Waals surface area contributed by atoms with E-state index >= 15 is 0 Å². The van der Waals surface area contributed by atoms with Crippen molar-refractivity contribution in [3.63, 3.8) is 0 Å². The fraction of sp³-hybridized carbons (Fsp3) is 0.462. The van der Waals surface area contributed by atoms with Gasteiger partial charge in [-0.1, -0.05) is 18.2 Å². The average Bonchev–Trinajstić information content (AvgIpc) is 2.26. The van der Waals surface area contributed by atoms with Gasteiger partial charge < -0.3 is 10.1 Å². The van der Waals surface area contributed by atoms with Crippen LogP contribution < -0.4 is 5.32 Å². The van der Waals surface area contributed by atoms with Gasteiger partial charge in [0.05, 0.1) is 13.0 Å². The summed E-state index contributed by atoms with van der Waals surface area (Å²) in [5.41, 5.74) is 2.58. The molecule has 18 heavy (non-hydrogen) atoms. The normalized spacial score (nSPS) is 24.9. The van der Waals surface area contributed by atoms with E-state index in [4.69, 9.17) is 4.74 Å². The molecule has 0 radical (unpaired) electrons. The van der Waals surface area contributed by atoms with Gasteiger partial charge in [-0.25, -0.2) is 0 Å². The third-order valence-electron chi connectivity index (χ3n) is 2.90. The van der Waals surface area contributed by atoms with Gasteiger partial charge in [-0.05, 0) is 17.6 Å². The molecule has 1 saturated heterocycles. The van der Waals surface area contributed by atoms with E-state index in [1.807, 2.05) is 18.2 Å². The summed E-state index contributed by atoms with van der Waals surface area (Å²) < 4.78 is 30.1. The predicted molar refractivity (Wildman–Crippen MR) is 62.8 cm³/mol. The largest absolute Gasteiger partial charge is 0.466 e. The Morgan fingerprint density at radius 1 is 1.50 bits per heavy atom. The van der Waals surface area contributed by atoms with E-state index in [-0.39, 0.29) is 12.4 Å². The Kier molecular flexibility index (Phi) is 3.50. The van der Waals surface area contributed by atoms with Crippen molar-refractivity contribution in [2.75, 3.05) is 6.61 Å². The molecule has 0 aromatic carbocycles. The summed E-state index contributed by atoms with van der Waals surface area (Å²) in [6, 6.07) is -2.74. The number of allylic oxidation sites excluding steroid dienone is 4. The highest BCUT2D eigenvalue weighted by molar-refractivity contribution is 5.65. The Hall–Kier alpha value is -1.65. The number of alkyl halides is 2. The molecule has 1 aliphatic carbocycles. The third-order valence-corrected chi connectivity index (χ3v) is 2.90. The summed E-state index contributed by atoms with van der Waals surface area (Å²) in [5, 5.41) is 2.16. The van der Waals surface area contributed by atoms with Gasteiger partial charge in [0.15, 0.2) is 0 Å². The number of hydrogen-bond acceptors (Lipinski definition) is 3. The summed E-state index contributed by atoms with van der Waals surface area (Å²) in [4.78, 5) is 10.6. The number of nitrogens with one attached hydrogen (secondary N) is 1. The summed E-state index contributed by atoms with van der Waals surface area (Å²) >= 11 is 0. The van der Waals surface area contributed by atoms with Crippen LogP contribution in [-0.2, 0) is 9.53 Å². The standard InChI is InChI=1S/C13H15F2NO2/c1-9(17)18-7-6-10-2-4-11(5-3-10)12-8-13(14,15)16-12/h2-4,16H,5-8H2,1H3. The Balaban J connectivity index is 1.83. The van der Waals surface area contributed by atoms with Crippen LogP contribution in [0.3, 0.4) is 0 Å². The van der Waals surface area contributed by atoms with Gasteiger partial charge in [0.1, 0.15) is 0 Å². The number of halogens is 2. The van der Waals surface area contributed by atoms with Crippen molar-refractivity contribution < 1.29 is 18.3 Å². The summed E-state index contributed by atoms with van der Waals surface area (Å²) in [6.45, 7) is 1.73. The number of ether oxygens (including phenoxy) is 1. The molecule has 2 rings (SSSR count). The van der Waals surface area contributed by atoms with Crippen LogP contribution >= 0.6 is 0 Å². The van der Waals surface area contributed by atoms with Gasteiger partial charge in [0.2, 0.25) is 0 Å². The molecule has 0 aromatic heterocycles. The zero-order chi connectivity index (χ0) is 13.2. The molecule has 0 saturated carbocycles. The van der Waals surface area contributed by atoms with Crippen molar-refractivity contribution in [2.24, 2.45) is 0 Å². The van der Waals surface area contributed by atoms with E-state index in [1.54, 1.807) is 0 Å². The first-order valence-corrected chi connectivity index (χ1v) is 5.85. The van der Waals surface area contributed by atoms with Crippen molar-refractivity contribution in [1.29, 1.82) is 0 Å². The molecule has 0 amide bonds. The van der Waals surface area contributed by atoms with Gasteiger partial charge in [0, 0.05) is 19.0 Å². The molecule has 1 fully saturated rings. The second-order valence-electron chi connectivity index (χ2n) is 4.42. The first-order chi connectivity index (χ1) is 8.46. The lowest BCUT2D eigenvalue weighted by molar-refractivity contribution is -0.140. The average molecular weight is 255 g/mol.